The van der Waals surface area contributed by atoms with E-state index in [-0.39, 0.29) is 41.7 Å². The van der Waals surface area contributed by atoms with E-state index >= 15 is 0 Å². The number of carbonyl (C=O) groups is 3. The number of alkyl halides is 1. The van der Waals surface area contributed by atoms with Gasteiger partial charge in [0.05, 0.1) is 15.5 Å². The standard InChI is InChI=1S/C28H42BrNO4S/c1-16-10-9-11-24(31)23(29)14-25(17(2)12-22-15-35-21(6)30-22)34-26(32)13-18(3)28(7,8)27(33)20(5)19(16)4/h12,15-16,18-20,23,25H,9-11,13-14H2,1-8H3/b17-12+/t16-,18-,19-,20+,23+,25-/m0/s1. The third-order valence-corrected chi connectivity index (χ3v) is 9.76. The lowest BCUT2D eigenvalue weighted by Crippen LogP contribution is -2.40. The Hall–Kier alpha value is -1.34. The maximum Gasteiger partial charge on any atom is 0.306 e. The monoisotopic (exact) mass is 567 g/mol. The zero-order chi connectivity index (χ0) is 26.5. The number of hydrogen-bond acceptors (Lipinski definition) is 6. The fraction of sp³-hybridized carbons (Fsp3) is 0.714. The molecule has 0 saturated carbocycles. The van der Waals surface area contributed by atoms with Gasteiger partial charge in [-0.3, -0.25) is 14.4 Å². The van der Waals surface area contributed by atoms with Gasteiger partial charge < -0.3 is 4.74 Å². The van der Waals surface area contributed by atoms with E-state index in [4.69, 9.17) is 4.74 Å². The molecule has 0 aliphatic carbocycles. The van der Waals surface area contributed by atoms with E-state index in [0.717, 1.165) is 29.1 Å². The molecule has 0 unspecified atom stereocenters. The highest BCUT2D eigenvalue weighted by Gasteiger charge is 2.40. The fourth-order valence-electron chi connectivity index (χ4n) is 4.71. The fourth-order valence-corrected chi connectivity index (χ4v) is 5.85. The van der Waals surface area contributed by atoms with Gasteiger partial charge in [0, 0.05) is 36.0 Å². The molecular formula is C28H42BrNO4S. The van der Waals surface area contributed by atoms with Gasteiger partial charge in [-0.2, -0.15) is 0 Å². The van der Waals surface area contributed by atoms with Crippen molar-refractivity contribution in [1.29, 1.82) is 0 Å². The van der Waals surface area contributed by atoms with Gasteiger partial charge in [0.25, 0.3) is 0 Å². The Balaban J connectivity index is 2.34. The van der Waals surface area contributed by atoms with Crippen LogP contribution in [0.15, 0.2) is 11.0 Å². The molecule has 1 aliphatic rings. The van der Waals surface area contributed by atoms with E-state index in [1.165, 1.54) is 0 Å². The van der Waals surface area contributed by atoms with Gasteiger partial charge in [-0.1, -0.05) is 63.9 Å². The van der Waals surface area contributed by atoms with Gasteiger partial charge in [0.2, 0.25) is 0 Å². The summed E-state index contributed by atoms with van der Waals surface area (Å²) >= 11 is 5.14. The molecule has 0 N–H and O–H groups in total. The van der Waals surface area contributed by atoms with Crippen molar-refractivity contribution in [3.05, 3.63) is 21.7 Å². The Bertz CT molecular complexity index is 937. The van der Waals surface area contributed by atoms with Gasteiger partial charge in [-0.15, -0.1) is 11.3 Å². The number of ether oxygens (including phenoxy) is 1. The molecule has 1 aliphatic heterocycles. The Labute approximate surface area is 223 Å². The van der Waals surface area contributed by atoms with Gasteiger partial charge in [0.1, 0.15) is 17.7 Å². The molecule has 0 bridgehead atoms. The number of cyclic esters (lactones) is 1. The van der Waals surface area contributed by atoms with Crippen LogP contribution in [0.2, 0.25) is 0 Å². The van der Waals surface area contributed by atoms with Gasteiger partial charge in [-0.05, 0) is 49.7 Å². The molecule has 2 heterocycles. The normalized spacial score (nSPS) is 32.4. The maximum atomic E-state index is 13.5. The number of halogens is 1. The lowest BCUT2D eigenvalue weighted by molar-refractivity contribution is -0.151. The van der Waals surface area contributed by atoms with E-state index < -0.39 is 16.3 Å². The topological polar surface area (TPSA) is 73.3 Å². The van der Waals surface area contributed by atoms with Crippen molar-refractivity contribution in [3.8, 4) is 0 Å². The summed E-state index contributed by atoms with van der Waals surface area (Å²) in [5.74, 6) is 0.202. The molecule has 0 radical (unpaired) electrons. The highest BCUT2D eigenvalue weighted by Crippen LogP contribution is 2.38. The van der Waals surface area contributed by atoms with Gasteiger partial charge in [0.15, 0.2) is 0 Å². The molecular weight excluding hydrogens is 526 g/mol. The molecule has 7 heteroatoms. The minimum atomic E-state index is -0.643. The third-order valence-electron chi connectivity index (χ3n) is 8.09. The number of thiazole rings is 1. The Morgan fingerprint density at radius 1 is 1.20 bits per heavy atom. The average molecular weight is 569 g/mol. The van der Waals surface area contributed by atoms with E-state index in [2.05, 4.69) is 34.8 Å². The molecule has 1 fully saturated rings. The molecule has 2 rings (SSSR count). The smallest absolute Gasteiger partial charge is 0.306 e. The number of aromatic nitrogens is 1. The highest BCUT2D eigenvalue weighted by atomic mass is 79.9. The molecule has 1 aromatic rings. The van der Waals surface area contributed by atoms with Crippen LogP contribution in [0.5, 0.6) is 0 Å². The number of carbonyl (C=O) groups excluding carboxylic acids is 3. The SMILES string of the molecule is C/C(=C\c1csc(C)n1)[C@@H]1C[C@@H](Br)C(=O)CCC[C@H](C)[C@H](C)[C@@H](C)C(=O)C(C)(C)[C@@H](C)CC(=O)O1. The first-order valence-electron chi connectivity index (χ1n) is 12.7. The van der Waals surface area contributed by atoms with E-state index in [1.807, 2.05) is 53.0 Å². The van der Waals surface area contributed by atoms with Crippen LogP contribution in [0.1, 0.15) is 91.3 Å². The summed E-state index contributed by atoms with van der Waals surface area (Å²) in [5.41, 5.74) is 1.03. The lowest BCUT2D eigenvalue weighted by atomic mass is 9.67. The first kappa shape index (κ1) is 29.9. The zero-order valence-corrected chi connectivity index (χ0v) is 24.9. The van der Waals surface area contributed by atoms with Crippen molar-refractivity contribution in [2.24, 2.45) is 29.1 Å². The quantitative estimate of drug-likeness (QED) is 0.279. The summed E-state index contributed by atoms with van der Waals surface area (Å²) in [6.07, 6.45) is 4.05. The number of Topliss-reactive ketones (excluding diaryl/α,β-unsaturated/α-hetero) is 2. The molecule has 0 amide bonds. The molecule has 0 aromatic carbocycles. The number of esters is 1. The predicted octanol–water partition coefficient (Wildman–Crippen LogP) is 7.20. The summed E-state index contributed by atoms with van der Waals surface area (Å²) in [4.78, 5) is 43.5. The largest absolute Gasteiger partial charge is 0.458 e. The number of rotatable bonds is 2. The number of ketones is 2. The van der Waals surface area contributed by atoms with Crippen LogP contribution in [0, 0.1) is 36.0 Å². The van der Waals surface area contributed by atoms with Crippen molar-refractivity contribution in [3.63, 3.8) is 0 Å². The molecule has 1 aromatic heterocycles. The Morgan fingerprint density at radius 2 is 1.86 bits per heavy atom. The summed E-state index contributed by atoms with van der Waals surface area (Å²) < 4.78 is 5.95. The van der Waals surface area contributed by atoms with Crippen molar-refractivity contribution < 1.29 is 19.1 Å². The van der Waals surface area contributed by atoms with Crippen molar-refractivity contribution in [2.45, 2.75) is 98.4 Å². The minimum Gasteiger partial charge on any atom is -0.458 e. The lowest BCUT2D eigenvalue weighted by Gasteiger charge is -2.36. The van der Waals surface area contributed by atoms with Crippen LogP contribution in [-0.2, 0) is 19.1 Å². The van der Waals surface area contributed by atoms with Crippen LogP contribution in [0.4, 0.5) is 0 Å². The maximum absolute atomic E-state index is 13.5. The Morgan fingerprint density at radius 3 is 2.46 bits per heavy atom. The van der Waals surface area contributed by atoms with Crippen LogP contribution >= 0.6 is 27.3 Å². The van der Waals surface area contributed by atoms with Crippen LogP contribution in [0.25, 0.3) is 6.08 Å². The Kier molecular flexibility index (Phi) is 10.9. The van der Waals surface area contributed by atoms with Gasteiger partial charge >= 0.3 is 5.97 Å². The first-order valence-corrected chi connectivity index (χ1v) is 14.5. The number of aryl methyl sites for hydroxylation is 1. The number of nitrogens with zero attached hydrogens (tertiary/aromatic N) is 1. The van der Waals surface area contributed by atoms with E-state index in [0.29, 0.717) is 18.8 Å². The summed E-state index contributed by atoms with van der Waals surface area (Å²) in [6, 6.07) is 0. The van der Waals surface area contributed by atoms with Gasteiger partial charge in [-0.25, -0.2) is 4.98 Å². The van der Waals surface area contributed by atoms with E-state index in [1.54, 1.807) is 11.3 Å². The summed E-state index contributed by atoms with van der Waals surface area (Å²) in [7, 11) is 0. The molecule has 1 saturated heterocycles. The highest BCUT2D eigenvalue weighted by molar-refractivity contribution is 9.10. The molecule has 0 spiro atoms. The second-order valence-electron chi connectivity index (χ2n) is 11.0. The van der Waals surface area contributed by atoms with Crippen LogP contribution in [0.3, 0.4) is 0 Å². The molecule has 196 valence electrons. The summed E-state index contributed by atoms with van der Waals surface area (Å²) in [6.45, 7) is 16.0. The van der Waals surface area contributed by atoms with Crippen molar-refractivity contribution in [1.82, 2.24) is 4.98 Å². The van der Waals surface area contributed by atoms with Crippen molar-refractivity contribution in [2.75, 3.05) is 0 Å². The zero-order valence-electron chi connectivity index (χ0n) is 22.5. The second kappa shape index (κ2) is 12.8. The predicted molar refractivity (Wildman–Crippen MR) is 147 cm³/mol. The third kappa shape index (κ3) is 8.08. The van der Waals surface area contributed by atoms with Crippen LogP contribution in [-0.4, -0.2) is 33.5 Å². The molecule has 6 atom stereocenters. The first-order chi connectivity index (χ1) is 16.2. The number of hydrogen-bond donors (Lipinski definition) is 0. The molecule has 35 heavy (non-hydrogen) atoms. The van der Waals surface area contributed by atoms with Crippen molar-refractivity contribution >= 4 is 50.9 Å². The summed E-state index contributed by atoms with van der Waals surface area (Å²) in [5, 5.41) is 2.93. The average Bonchev–Trinajstić information content (AvgIpc) is 3.20. The molecule has 5 nitrogen and oxygen atoms in total. The minimum absolute atomic E-state index is 0.119. The van der Waals surface area contributed by atoms with E-state index in [9.17, 15) is 14.4 Å². The second-order valence-corrected chi connectivity index (χ2v) is 13.2. The van der Waals surface area contributed by atoms with Crippen LogP contribution < -0.4 is 0 Å².